The zero-order chi connectivity index (χ0) is 75.4. The van der Waals surface area contributed by atoms with Gasteiger partial charge in [0, 0.05) is 59.0 Å². The number of aliphatic hydroxyl groups is 1. The maximum Gasteiger partial charge on any atom is 0.495 e. The van der Waals surface area contributed by atoms with Gasteiger partial charge in [0.2, 0.25) is 0 Å². The van der Waals surface area contributed by atoms with Crippen LogP contribution in [0, 0.1) is 0 Å². The number of nitrogens with zero attached hydrogens (tertiary/aromatic N) is 2. The first kappa shape index (κ1) is 94.7. The van der Waals surface area contributed by atoms with Crippen molar-refractivity contribution in [3.63, 3.8) is 0 Å². The highest BCUT2D eigenvalue weighted by atomic mass is 79.9. The number of methoxy groups -OCH3 is 1. The van der Waals surface area contributed by atoms with Gasteiger partial charge in [-0.25, -0.2) is 10.1 Å². The number of amides is 2. The summed E-state index contributed by atoms with van der Waals surface area (Å²) in [6.45, 7) is 35.2. The fraction of sp³-hybridized carbons (Fsp3) is 0.521. The molecule has 3 aliphatic heterocycles. The Morgan fingerprint density at radius 1 is 0.540 bits per heavy atom. The number of halogens is 9. The highest BCUT2D eigenvalue weighted by Gasteiger charge is 2.71. The molecule has 8 rings (SSSR count). The average Bonchev–Trinajstić information content (AvgIpc) is 1.13. The number of carbonyl (C=O) groups excluding carboxylic acids is 5. The number of alkyl halides is 6. The molecule has 17 nitrogen and oxygen atoms in total. The van der Waals surface area contributed by atoms with E-state index in [1.807, 2.05) is 127 Å². The number of carbonyl (C=O) groups is 3. The van der Waals surface area contributed by atoms with E-state index in [0.29, 0.717) is 58.2 Å². The van der Waals surface area contributed by atoms with Gasteiger partial charge in [-0.15, -0.1) is 12.4 Å². The first-order valence-electron chi connectivity index (χ1n) is 31.6. The van der Waals surface area contributed by atoms with Crippen LogP contribution in [0.25, 0.3) is 11.1 Å². The van der Waals surface area contributed by atoms with E-state index in [4.69, 9.17) is 47.2 Å². The molecule has 0 aliphatic carbocycles. The lowest BCUT2D eigenvalue weighted by molar-refractivity contribution is -0.376. The van der Waals surface area contributed by atoms with Gasteiger partial charge in [0.1, 0.15) is 6.29 Å². The molecule has 5 aromatic rings. The van der Waals surface area contributed by atoms with Gasteiger partial charge in [0.25, 0.3) is 17.4 Å². The van der Waals surface area contributed by atoms with Crippen LogP contribution in [0.4, 0.5) is 26.3 Å². The van der Waals surface area contributed by atoms with Crippen molar-refractivity contribution in [2.75, 3.05) is 42.0 Å². The van der Waals surface area contributed by atoms with Gasteiger partial charge < -0.3 is 37.8 Å². The van der Waals surface area contributed by atoms with Gasteiger partial charge in [0.15, 0.2) is 0 Å². The lowest BCUT2D eigenvalue weighted by atomic mass is 9.49. The van der Waals surface area contributed by atoms with E-state index >= 15 is 0 Å². The highest BCUT2D eigenvalue weighted by molar-refractivity contribution is 9.10. The number of hydrogen-bond donors (Lipinski definition) is 1. The summed E-state index contributed by atoms with van der Waals surface area (Å²) >= 11 is 6.89. The number of hydroxylamine groups is 4. The van der Waals surface area contributed by atoms with Gasteiger partial charge in [-0.1, -0.05) is 128 Å². The van der Waals surface area contributed by atoms with Crippen molar-refractivity contribution in [3.05, 3.63) is 157 Å². The largest absolute Gasteiger partial charge is 0.495 e. The molecule has 3 heterocycles. The minimum Gasteiger partial charge on any atom is -0.405 e. The predicted octanol–water partition coefficient (Wildman–Crippen LogP) is 16.3. The normalized spacial score (nSPS) is 16.2. The standard InChI is InChI=1S/C18H14F6O2.C17H26BNO4.C12H24B2O4.C11H14BrNO2.C8H9Br.C3H8O.CO2.CH4.ClH/c1-2-12-9-11(10-25)3-8-15(12)13-4-6-14(7-5-13)16(26,17(19,20)21)18(22,23)24;1-8-12-11-13(15(20)19(6)21-7)9-10-14(12)18-22-16(2,3)17(4,5)23-18;1-9(2)10(3,4)16-13(15-9)14-17-11(5,6)12(7,8)18-14;1-4-8-7-9(5-6-10(8)12)11(14)13(2)15-3;1-2-7-5-3-4-6-8(7)9;1-3-4-2;2-1-3;;/h3-10,26H,2H2,1H3;9-11H,8H2,1-7H3;1-8H3;5-7H,4H2,1-3H3;3-6H,2H2,1H3;3H2,1-2H3;;1H4;1H. The molecule has 0 radical (unpaired) electrons. The first-order valence-corrected chi connectivity index (χ1v) is 33.2. The summed E-state index contributed by atoms with van der Waals surface area (Å²) in [5.41, 5.74) is -0.671. The second-order valence-electron chi connectivity index (χ2n) is 25.5. The Labute approximate surface area is 611 Å². The van der Waals surface area contributed by atoms with Crippen LogP contribution in [-0.2, 0) is 83.2 Å². The SMILES string of the molecule is C.CC1(C)OB(B2OC(C)(C)C(C)(C)O2)OC1(C)C.CCOC.CCc1cc(C(=O)N(C)OC)ccc1B1OC(C)(C)C(C)(C)O1.CCc1cc(C(=O)N(C)OC)ccc1Br.CCc1cc(C=O)ccc1-c1ccc(C(O)(C(F)(F)F)C(F)(F)F)cc1.CCc1ccccc1Br.Cl.O=C=O. The predicted molar refractivity (Wildman–Crippen MR) is 388 cm³/mol. The summed E-state index contributed by atoms with van der Waals surface area (Å²) in [7, 11) is 6.44. The molecule has 0 atom stereocenters. The molecule has 556 valence electrons. The maximum atomic E-state index is 12.9. The molecular formula is C71H100B3Br2ClF6N2O15. The molecule has 5 aromatic carbocycles. The van der Waals surface area contributed by atoms with E-state index < -0.39 is 44.7 Å². The summed E-state index contributed by atoms with van der Waals surface area (Å²) in [5, 5.41) is 11.8. The van der Waals surface area contributed by atoms with Crippen molar-refractivity contribution in [1.29, 1.82) is 0 Å². The Hall–Kier alpha value is -5.29. The average molecular weight is 1560 g/mol. The third-order valence-electron chi connectivity index (χ3n) is 17.5. The van der Waals surface area contributed by atoms with E-state index in [-0.39, 0.29) is 71.4 Å². The number of hydrogen-bond acceptors (Lipinski definition) is 15. The molecule has 0 spiro atoms. The number of ether oxygens (including phenoxy) is 1. The van der Waals surface area contributed by atoms with Gasteiger partial charge in [0.05, 0.1) is 47.8 Å². The van der Waals surface area contributed by atoms with E-state index in [2.05, 4.69) is 68.6 Å². The van der Waals surface area contributed by atoms with Gasteiger partial charge in [-0.2, -0.15) is 35.9 Å². The van der Waals surface area contributed by atoms with Crippen LogP contribution in [0.5, 0.6) is 0 Å². The second kappa shape index (κ2) is 40.1. The summed E-state index contributed by atoms with van der Waals surface area (Å²) in [6.07, 6.45) is -7.68. The Morgan fingerprint density at radius 3 is 1.24 bits per heavy atom. The Morgan fingerprint density at radius 2 is 0.900 bits per heavy atom. The molecule has 0 unspecified atom stereocenters. The summed E-state index contributed by atoms with van der Waals surface area (Å²) in [6, 6.07) is 27.4. The van der Waals surface area contributed by atoms with Crippen molar-refractivity contribution < 1.29 is 97.8 Å². The molecule has 29 heteroatoms. The maximum absolute atomic E-state index is 12.9. The number of aldehydes is 1. The van der Waals surface area contributed by atoms with E-state index in [1.165, 1.54) is 40.4 Å². The van der Waals surface area contributed by atoms with Crippen LogP contribution in [0.15, 0.2) is 112 Å². The molecule has 1 N–H and O–H groups in total. The molecule has 3 saturated heterocycles. The molecule has 3 fully saturated rings. The summed E-state index contributed by atoms with van der Waals surface area (Å²) in [4.78, 5) is 60.8. The number of benzene rings is 5. The monoisotopic (exact) mass is 1560 g/mol. The van der Waals surface area contributed by atoms with E-state index in [1.54, 1.807) is 52.4 Å². The smallest absolute Gasteiger partial charge is 0.405 e. The van der Waals surface area contributed by atoms with Crippen LogP contribution in [0.2, 0.25) is 0 Å². The molecule has 3 aliphatic rings. The summed E-state index contributed by atoms with van der Waals surface area (Å²) in [5.74, 6) is -0.317. The topological polar surface area (TPSA) is 195 Å². The molecule has 0 saturated carbocycles. The summed E-state index contributed by atoms with van der Waals surface area (Å²) < 4.78 is 120. The Kier molecular flexibility index (Phi) is 38.0. The quantitative estimate of drug-likeness (QED) is 0.0477. The third-order valence-corrected chi connectivity index (χ3v) is 19.1. The van der Waals surface area contributed by atoms with Crippen molar-refractivity contribution in [2.24, 2.45) is 0 Å². The Balaban J connectivity index is 0.00000122. The lowest BCUT2D eigenvalue weighted by Gasteiger charge is -2.32. The molecule has 2 amide bonds. The van der Waals surface area contributed by atoms with E-state index in [0.717, 1.165) is 59.1 Å². The Bertz CT molecular complexity index is 3330. The van der Waals surface area contributed by atoms with Crippen molar-refractivity contribution in [2.45, 2.75) is 202 Å². The minimum absolute atomic E-state index is 0. The van der Waals surface area contributed by atoms with Crippen LogP contribution in [-0.4, -0.2) is 149 Å². The zero-order valence-corrected chi connectivity index (χ0v) is 64.6. The van der Waals surface area contributed by atoms with Gasteiger partial charge in [-0.3, -0.25) is 24.1 Å². The fourth-order valence-electron chi connectivity index (χ4n) is 9.18. The molecule has 0 aromatic heterocycles. The van der Waals surface area contributed by atoms with Crippen LogP contribution in [0.3, 0.4) is 0 Å². The van der Waals surface area contributed by atoms with Crippen LogP contribution in [0.1, 0.15) is 184 Å². The van der Waals surface area contributed by atoms with Gasteiger partial charge >= 0.3 is 39.6 Å². The van der Waals surface area contributed by atoms with Crippen molar-refractivity contribution in [3.8, 4) is 11.1 Å². The van der Waals surface area contributed by atoms with Gasteiger partial charge in [-0.05, 0) is 197 Å². The highest BCUT2D eigenvalue weighted by Crippen LogP contribution is 2.50. The number of aryl methyl sites for hydroxylation is 4. The van der Waals surface area contributed by atoms with Crippen molar-refractivity contribution >= 4 is 95.1 Å². The van der Waals surface area contributed by atoms with E-state index in [9.17, 15) is 45.8 Å². The number of rotatable bonds is 14. The van der Waals surface area contributed by atoms with Crippen LogP contribution >= 0.6 is 44.3 Å². The second-order valence-corrected chi connectivity index (χ2v) is 27.2. The molecular weight excluding hydrogens is 1460 g/mol. The molecule has 100 heavy (non-hydrogen) atoms. The zero-order valence-electron chi connectivity index (χ0n) is 60.6. The van der Waals surface area contributed by atoms with Crippen LogP contribution < -0.4 is 5.46 Å². The first-order chi connectivity index (χ1) is 45.2. The minimum atomic E-state index is -5.92. The lowest BCUT2D eigenvalue weighted by Crippen LogP contribution is -2.53. The molecule has 0 bridgehead atoms. The fourth-order valence-corrected chi connectivity index (χ4v) is 10.3. The van der Waals surface area contributed by atoms with Crippen molar-refractivity contribution in [1.82, 2.24) is 10.1 Å². The third kappa shape index (κ3) is 24.4.